The smallest absolute Gasteiger partial charge is 0.344 e. The summed E-state index contributed by atoms with van der Waals surface area (Å²) in [5, 5.41) is 24.5. The molecule has 0 aliphatic carbocycles. The van der Waals surface area contributed by atoms with E-state index in [1.165, 1.54) is 18.2 Å². The molecule has 4 rings (SSSR count). The van der Waals surface area contributed by atoms with Gasteiger partial charge in [0.2, 0.25) is 0 Å². The first-order valence-corrected chi connectivity index (χ1v) is 10.9. The monoisotopic (exact) mass is 497 g/mol. The molecule has 0 aromatic heterocycles. The molecule has 8 nitrogen and oxygen atoms in total. The third kappa shape index (κ3) is 5.38. The molecule has 0 saturated carbocycles. The number of nitrogens with one attached hydrogen (secondary N) is 1. The van der Waals surface area contributed by atoms with Crippen molar-refractivity contribution in [3.05, 3.63) is 117 Å². The van der Waals surface area contributed by atoms with E-state index in [0.29, 0.717) is 16.9 Å². The van der Waals surface area contributed by atoms with Crippen molar-refractivity contribution in [2.75, 3.05) is 5.32 Å². The molecule has 9 heteroatoms. The normalized spacial score (nSPS) is 10.9. The summed E-state index contributed by atoms with van der Waals surface area (Å²) >= 11 is 5.78. The van der Waals surface area contributed by atoms with Gasteiger partial charge in [0.25, 0.3) is 11.6 Å². The van der Waals surface area contributed by atoms with Crippen molar-refractivity contribution in [1.82, 2.24) is 0 Å². The topological polar surface area (TPSA) is 122 Å². The average Bonchev–Trinajstić information content (AvgIpc) is 2.88. The molecule has 0 fully saturated rings. The first-order valence-electron chi connectivity index (χ1n) is 10.5. The Labute approximate surface area is 210 Å². The van der Waals surface area contributed by atoms with Gasteiger partial charge >= 0.3 is 5.97 Å². The van der Waals surface area contributed by atoms with Gasteiger partial charge in [0.15, 0.2) is 0 Å². The fraction of sp³-hybridized carbons (Fsp3) is 0. The molecule has 0 unspecified atom stereocenters. The Morgan fingerprint density at radius 2 is 1.72 bits per heavy atom. The highest BCUT2D eigenvalue weighted by molar-refractivity contribution is 6.32. The van der Waals surface area contributed by atoms with Crippen molar-refractivity contribution in [2.45, 2.75) is 0 Å². The summed E-state index contributed by atoms with van der Waals surface area (Å²) in [6.07, 6.45) is 1.34. The Hall–Kier alpha value is -5.00. The maximum atomic E-state index is 12.7. The highest BCUT2D eigenvalue weighted by atomic mass is 35.5. The van der Waals surface area contributed by atoms with Gasteiger partial charge in [-0.15, -0.1) is 0 Å². The number of fused-ring (bicyclic) bond motifs is 1. The summed E-state index contributed by atoms with van der Waals surface area (Å²) in [4.78, 5) is 35.6. The fourth-order valence-corrected chi connectivity index (χ4v) is 3.63. The van der Waals surface area contributed by atoms with Crippen LogP contribution in [0.15, 0.2) is 90.5 Å². The lowest BCUT2D eigenvalue weighted by Gasteiger charge is -2.08. The predicted octanol–water partition coefficient (Wildman–Crippen LogP) is 6.17. The Morgan fingerprint density at radius 1 is 1.00 bits per heavy atom. The second-order valence-electron chi connectivity index (χ2n) is 7.53. The number of carbonyl (C=O) groups is 2. The number of anilines is 1. The maximum absolute atomic E-state index is 12.7. The molecule has 0 aliphatic heterocycles. The van der Waals surface area contributed by atoms with Crippen molar-refractivity contribution >= 4 is 51.7 Å². The van der Waals surface area contributed by atoms with Crippen LogP contribution in [0.25, 0.3) is 16.8 Å². The van der Waals surface area contributed by atoms with Crippen LogP contribution in [0.3, 0.4) is 0 Å². The lowest BCUT2D eigenvalue weighted by molar-refractivity contribution is -0.384. The van der Waals surface area contributed by atoms with E-state index < -0.39 is 16.8 Å². The van der Waals surface area contributed by atoms with Crippen LogP contribution >= 0.6 is 11.6 Å². The number of nitro benzene ring substituents is 1. The van der Waals surface area contributed by atoms with Crippen LogP contribution in [-0.4, -0.2) is 16.8 Å². The van der Waals surface area contributed by atoms with E-state index in [-0.39, 0.29) is 22.0 Å². The molecule has 4 aromatic carbocycles. The second kappa shape index (κ2) is 10.5. The molecule has 0 radical (unpaired) electrons. The van der Waals surface area contributed by atoms with Gasteiger partial charge in [-0.2, -0.15) is 5.26 Å². The lowest BCUT2D eigenvalue weighted by atomic mass is 10.0. The van der Waals surface area contributed by atoms with Crippen LogP contribution < -0.4 is 10.1 Å². The standard InChI is InChI=1S/C27H16ClN3O5/c28-24-13-10-20(15-25(24)31(34)35)30-26(32)19(16-29)14-17-8-11-21(12-9-17)36-27(33)23-7-3-5-18-4-1-2-6-22(18)23/h1-15H,(H,30,32)/b19-14+. The second-order valence-corrected chi connectivity index (χ2v) is 7.94. The minimum absolute atomic E-state index is 0.0738. The number of hydrogen-bond donors (Lipinski definition) is 1. The number of nitriles is 1. The molecule has 0 atom stereocenters. The van der Waals surface area contributed by atoms with Crippen molar-refractivity contribution in [3.63, 3.8) is 0 Å². The van der Waals surface area contributed by atoms with Gasteiger partial charge in [0.1, 0.15) is 22.4 Å². The van der Waals surface area contributed by atoms with E-state index >= 15 is 0 Å². The van der Waals surface area contributed by atoms with Crippen molar-refractivity contribution < 1.29 is 19.2 Å². The number of nitro groups is 1. The number of hydrogen-bond acceptors (Lipinski definition) is 6. The summed E-state index contributed by atoms with van der Waals surface area (Å²) < 4.78 is 5.49. The zero-order valence-corrected chi connectivity index (χ0v) is 19.2. The molecular weight excluding hydrogens is 482 g/mol. The van der Waals surface area contributed by atoms with Gasteiger partial charge in [-0.1, -0.05) is 60.1 Å². The first-order chi connectivity index (χ1) is 17.4. The summed E-state index contributed by atoms with van der Waals surface area (Å²) in [5.74, 6) is -0.966. The largest absolute Gasteiger partial charge is 0.423 e. The van der Waals surface area contributed by atoms with E-state index in [0.717, 1.165) is 16.8 Å². The van der Waals surface area contributed by atoms with Gasteiger partial charge in [-0.3, -0.25) is 14.9 Å². The summed E-state index contributed by atoms with van der Waals surface area (Å²) in [7, 11) is 0. The molecule has 36 heavy (non-hydrogen) atoms. The first kappa shape index (κ1) is 24.1. The summed E-state index contributed by atoms with van der Waals surface area (Å²) in [6, 6.07) is 24.7. The van der Waals surface area contributed by atoms with Crippen LogP contribution in [0, 0.1) is 21.4 Å². The number of ether oxygens (including phenoxy) is 1. The van der Waals surface area contributed by atoms with Gasteiger partial charge in [0, 0.05) is 11.8 Å². The molecule has 176 valence electrons. The van der Waals surface area contributed by atoms with E-state index in [4.69, 9.17) is 16.3 Å². The third-order valence-electron chi connectivity index (χ3n) is 5.18. The highest BCUT2D eigenvalue weighted by Crippen LogP contribution is 2.28. The Balaban J connectivity index is 1.48. The number of rotatable bonds is 6. The number of halogens is 1. The van der Waals surface area contributed by atoms with Gasteiger partial charge in [0.05, 0.1) is 10.5 Å². The van der Waals surface area contributed by atoms with E-state index in [1.807, 2.05) is 36.4 Å². The van der Waals surface area contributed by atoms with Crippen LogP contribution in [0.4, 0.5) is 11.4 Å². The van der Waals surface area contributed by atoms with E-state index in [9.17, 15) is 25.0 Å². The molecule has 0 spiro atoms. The maximum Gasteiger partial charge on any atom is 0.344 e. The zero-order valence-electron chi connectivity index (χ0n) is 18.5. The zero-order chi connectivity index (χ0) is 25.7. The SMILES string of the molecule is N#C/C(=C\c1ccc(OC(=O)c2cccc3ccccc23)cc1)C(=O)Nc1ccc(Cl)c([N+](=O)[O-])c1. The van der Waals surface area contributed by atoms with E-state index in [2.05, 4.69) is 5.32 Å². The van der Waals surface area contributed by atoms with Crippen molar-refractivity contribution in [1.29, 1.82) is 5.26 Å². The lowest BCUT2D eigenvalue weighted by Crippen LogP contribution is -2.13. The fourth-order valence-electron chi connectivity index (χ4n) is 3.44. The van der Waals surface area contributed by atoms with Gasteiger partial charge in [-0.25, -0.2) is 4.79 Å². The molecule has 4 aromatic rings. The number of esters is 1. The number of amides is 1. The number of benzene rings is 4. The van der Waals surface area contributed by atoms with Crippen molar-refractivity contribution in [3.8, 4) is 11.8 Å². The van der Waals surface area contributed by atoms with Gasteiger partial charge < -0.3 is 10.1 Å². The molecule has 0 saturated heterocycles. The molecule has 1 amide bonds. The minimum atomic E-state index is -0.749. The Bertz CT molecular complexity index is 1570. The molecule has 0 aliphatic rings. The van der Waals surface area contributed by atoms with Crippen LogP contribution in [0.5, 0.6) is 5.75 Å². The minimum Gasteiger partial charge on any atom is -0.423 e. The highest BCUT2D eigenvalue weighted by Gasteiger charge is 2.16. The molecular formula is C27H16ClN3O5. The van der Waals surface area contributed by atoms with Crippen LogP contribution in [0.2, 0.25) is 5.02 Å². The van der Waals surface area contributed by atoms with E-state index in [1.54, 1.807) is 36.4 Å². The Morgan fingerprint density at radius 3 is 2.44 bits per heavy atom. The molecule has 1 N–H and O–H groups in total. The van der Waals surface area contributed by atoms with Crippen molar-refractivity contribution in [2.24, 2.45) is 0 Å². The Kier molecular flexibility index (Phi) is 7.04. The quantitative estimate of drug-likeness (QED) is 0.0848. The number of carbonyl (C=O) groups excluding carboxylic acids is 2. The predicted molar refractivity (Wildman–Crippen MR) is 136 cm³/mol. The average molecular weight is 498 g/mol. The third-order valence-corrected chi connectivity index (χ3v) is 5.50. The van der Waals surface area contributed by atoms with Gasteiger partial charge in [-0.05, 0) is 52.7 Å². The summed E-state index contributed by atoms with van der Waals surface area (Å²) in [6.45, 7) is 0. The van der Waals surface area contributed by atoms with Crippen LogP contribution in [0.1, 0.15) is 15.9 Å². The number of nitrogens with zero attached hydrogens (tertiary/aromatic N) is 2. The van der Waals surface area contributed by atoms with Crippen LogP contribution in [-0.2, 0) is 4.79 Å². The molecule has 0 bridgehead atoms. The summed E-state index contributed by atoms with van der Waals surface area (Å²) in [5.41, 5.74) is 0.461. The molecule has 0 heterocycles.